The van der Waals surface area contributed by atoms with Crippen LogP contribution in [0.4, 0.5) is 5.82 Å². The molecule has 0 radical (unpaired) electrons. The Bertz CT molecular complexity index is 1640. The summed E-state index contributed by atoms with van der Waals surface area (Å²) in [6.45, 7) is 0.0981. The fourth-order valence-corrected chi connectivity index (χ4v) is 7.07. The predicted molar refractivity (Wildman–Crippen MR) is 161 cm³/mol. The number of nitrogens with one attached hydrogen (secondary N) is 1. The second-order valence-electron chi connectivity index (χ2n) is 9.10. The number of anilines is 1. The van der Waals surface area contributed by atoms with E-state index in [0.29, 0.717) is 16.5 Å². The topological polar surface area (TPSA) is 80.1 Å². The Morgan fingerprint density at radius 3 is 2.55 bits per heavy atom. The molecule has 0 saturated heterocycles. The van der Waals surface area contributed by atoms with Crippen LogP contribution in [0.2, 0.25) is 5.02 Å². The third-order valence-electron chi connectivity index (χ3n) is 6.51. The molecule has 3 aromatic heterocycles. The van der Waals surface area contributed by atoms with Gasteiger partial charge in [0, 0.05) is 22.2 Å². The van der Waals surface area contributed by atoms with Gasteiger partial charge in [0.15, 0.2) is 0 Å². The number of para-hydroxylation sites is 1. The molecule has 1 aliphatic rings. The number of thioether (sulfide) groups is 1. The number of amides is 2. The zero-order valence-electron chi connectivity index (χ0n) is 21.2. The quantitative estimate of drug-likeness (QED) is 0.248. The van der Waals surface area contributed by atoms with Crippen molar-refractivity contribution in [3.05, 3.63) is 118 Å². The average molecular weight is 586 g/mol. The molecule has 0 bridgehead atoms. The molecule has 10 heteroatoms. The molecule has 1 atom stereocenters. The number of halogens is 1. The molecule has 4 heterocycles. The molecule has 200 valence electrons. The lowest BCUT2D eigenvalue weighted by Gasteiger charge is -2.23. The van der Waals surface area contributed by atoms with Crippen LogP contribution < -0.4 is 10.2 Å². The van der Waals surface area contributed by atoms with Crippen LogP contribution in [-0.2, 0) is 16.1 Å². The van der Waals surface area contributed by atoms with Gasteiger partial charge in [0.1, 0.15) is 12.4 Å². The summed E-state index contributed by atoms with van der Waals surface area (Å²) in [7, 11) is 0. The zero-order chi connectivity index (χ0) is 27.5. The van der Waals surface area contributed by atoms with Crippen LogP contribution in [0.15, 0.2) is 96.5 Å². The number of benzene rings is 2. The monoisotopic (exact) mass is 585 g/mol. The van der Waals surface area contributed by atoms with E-state index in [1.807, 2.05) is 78.2 Å². The van der Waals surface area contributed by atoms with Crippen LogP contribution in [0.1, 0.15) is 21.4 Å². The first-order chi connectivity index (χ1) is 19.6. The highest BCUT2D eigenvalue weighted by Crippen LogP contribution is 2.49. The van der Waals surface area contributed by atoms with Gasteiger partial charge in [0.05, 0.1) is 39.6 Å². The molecule has 40 heavy (non-hydrogen) atoms. The van der Waals surface area contributed by atoms with Gasteiger partial charge in [-0.3, -0.25) is 19.5 Å². The molecule has 0 unspecified atom stereocenters. The fourth-order valence-electron chi connectivity index (χ4n) is 4.68. The SMILES string of the molecule is O=C(CN1C(=O)CS[C@H](c2cccs2)c2c(-c3ccccc3)nn(-c3ccccc3Cl)c21)NCc1ccccn1. The van der Waals surface area contributed by atoms with Gasteiger partial charge < -0.3 is 5.32 Å². The van der Waals surface area contributed by atoms with Gasteiger partial charge >= 0.3 is 0 Å². The summed E-state index contributed by atoms with van der Waals surface area (Å²) in [5.74, 6) is 0.291. The van der Waals surface area contributed by atoms with E-state index >= 15 is 0 Å². The van der Waals surface area contributed by atoms with Crippen molar-refractivity contribution in [3.63, 3.8) is 0 Å². The number of pyridine rings is 1. The standard InChI is InChI=1S/C30H24ClN5O2S2/c31-22-12-4-5-13-23(22)36-30-27(28(34-36)20-9-2-1-3-10-20)29(24-14-8-16-39-24)40-19-26(38)35(30)18-25(37)33-17-21-11-6-7-15-32-21/h1-16,29H,17-19H2,(H,33,37)/t29-/m1/s1. The Morgan fingerprint density at radius 1 is 1.00 bits per heavy atom. The molecule has 0 fully saturated rings. The fraction of sp³-hybridized carbons (Fsp3) is 0.133. The number of aromatic nitrogens is 3. The largest absolute Gasteiger partial charge is 0.349 e. The third kappa shape index (κ3) is 5.28. The molecule has 5 aromatic rings. The highest BCUT2D eigenvalue weighted by Gasteiger charge is 2.38. The second-order valence-corrected chi connectivity index (χ2v) is 11.6. The maximum atomic E-state index is 13.8. The van der Waals surface area contributed by atoms with Crippen LogP contribution in [0.5, 0.6) is 0 Å². The number of hydrogen-bond donors (Lipinski definition) is 1. The first kappa shape index (κ1) is 26.3. The minimum Gasteiger partial charge on any atom is -0.349 e. The molecular formula is C30H24ClN5O2S2. The van der Waals surface area contributed by atoms with Crippen molar-refractivity contribution in [1.82, 2.24) is 20.1 Å². The lowest BCUT2D eigenvalue weighted by Crippen LogP contribution is -2.42. The lowest BCUT2D eigenvalue weighted by molar-refractivity contribution is -0.123. The highest BCUT2D eigenvalue weighted by atomic mass is 35.5. The van der Waals surface area contributed by atoms with Gasteiger partial charge in [-0.05, 0) is 35.7 Å². The van der Waals surface area contributed by atoms with Crippen molar-refractivity contribution < 1.29 is 9.59 Å². The molecule has 0 aliphatic carbocycles. The van der Waals surface area contributed by atoms with Gasteiger partial charge in [-0.1, -0.05) is 66.2 Å². The van der Waals surface area contributed by atoms with E-state index in [9.17, 15) is 9.59 Å². The number of thiophene rings is 1. The number of nitrogens with zero attached hydrogens (tertiary/aromatic N) is 4. The van der Waals surface area contributed by atoms with Crippen molar-refractivity contribution >= 4 is 52.3 Å². The van der Waals surface area contributed by atoms with Gasteiger partial charge in [-0.2, -0.15) is 5.10 Å². The highest BCUT2D eigenvalue weighted by molar-refractivity contribution is 8.00. The van der Waals surface area contributed by atoms with E-state index in [0.717, 1.165) is 27.4 Å². The number of carbonyl (C=O) groups is 2. The van der Waals surface area contributed by atoms with Gasteiger partial charge in [0.25, 0.3) is 0 Å². The van der Waals surface area contributed by atoms with Gasteiger partial charge in [0.2, 0.25) is 11.8 Å². The van der Waals surface area contributed by atoms with Crippen LogP contribution in [0, 0.1) is 0 Å². The number of carbonyl (C=O) groups excluding carboxylic acids is 2. The van der Waals surface area contributed by atoms with E-state index in [1.54, 1.807) is 44.9 Å². The van der Waals surface area contributed by atoms with E-state index in [2.05, 4.69) is 16.4 Å². The van der Waals surface area contributed by atoms with Crippen molar-refractivity contribution in [2.75, 3.05) is 17.2 Å². The molecule has 2 aromatic carbocycles. The van der Waals surface area contributed by atoms with E-state index in [-0.39, 0.29) is 35.9 Å². The van der Waals surface area contributed by atoms with Crippen molar-refractivity contribution in [3.8, 4) is 16.9 Å². The van der Waals surface area contributed by atoms with Crippen molar-refractivity contribution in [2.45, 2.75) is 11.8 Å². The summed E-state index contributed by atoms with van der Waals surface area (Å²) < 4.78 is 1.72. The summed E-state index contributed by atoms with van der Waals surface area (Å²) in [6.07, 6.45) is 1.68. The summed E-state index contributed by atoms with van der Waals surface area (Å²) in [5.41, 5.74) is 3.91. The maximum absolute atomic E-state index is 13.8. The number of fused-ring (bicyclic) bond motifs is 1. The Morgan fingerprint density at radius 2 is 1.80 bits per heavy atom. The van der Waals surface area contributed by atoms with Crippen molar-refractivity contribution in [1.29, 1.82) is 0 Å². The van der Waals surface area contributed by atoms with Crippen LogP contribution in [0.25, 0.3) is 16.9 Å². The minimum atomic E-state index is -0.294. The molecule has 1 N–H and O–H groups in total. The maximum Gasteiger partial charge on any atom is 0.240 e. The Labute approximate surface area is 244 Å². The summed E-state index contributed by atoms with van der Waals surface area (Å²) in [6, 6.07) is 26.9. The summed E-state index contributed by atoms with van der Waals surface area (Å²) >= 11 is 9.87. The Hall–Kier alpha value is -3.92. The third-order valence-corrected chi connectivity index (χ3v) is 9.16. The normalized spacial score (nSPS) is 15.0. The zero-order valence-corrected chi connectivity index (χ0v) is 23.6. The second kappa shape index (κ2) is 11.7. The molecule has 0 spiro atoms. The Balaban J connectivity index is 1.51. The summed E-state index contributed by atoms with van der Waals surface area (Å²) in [5, 5.41) is 10.3. The summed E-state index contributed by atoms with van der Waals surface area (Å²) in [4.78, 5) is 34.0. The Kier molecular flexibility index (Phi) is 7.68. The molecule has 0 saturated carbocycles. The van der Waals surface area contributed by atoms with Gasteiger partial charge in [-0.25, -0.2) is 4.68 Å². The molecule has 1 aliphatic heterocycles. The first-order valence-corrected chi connectivity index (χ1v) is 15.0. The predicted octanol–water partition coefficient (Wildman–Crippen LogP) is 6.13. The molecule has 6 rings (SSSR count). The minimum absolute atomic E-state index is 0.160. The van der Waals surface area contributed by atoms with E-state index in [1.165, 1.54) is 0 Å². The number of hydrogen-bond acceptors (Lipinski definition) is 6. The molecule has 2 amide bonds. The van der Waals surface area contributed by atoms with Crippen LogP contribution >= 0.6 is 34.7 Å². The molecular weight excluding hydrogens is 562 g/mol. The van der Waals surface area contributed by atoms with E-state index < -0.39 is 0 Å². The van der Waals surface area contributed by atoms with Crippen LogP contribution in [-0.4, -0.2) is 38.9 Å². The molecule has 7 nitrogen and oxygen atoms in total. The number of rotatable bonds is 7. The van der Waals surface area contributed by atoms with Gasteiger partial charge in [-0.15, -0.1) is 23.1 Å². The first-order valence-electron chi connectivity index (χ1n) is 12.7. The van der Waals surface area contributed by atoms with Crippen molar-refractivity contribution in [2.24, 2.45) is 0 Å². The lowest BCUT2D eigenvalue weighted by atomic mass is 10.0. The van der Waals surface area contributed by atoms with E-state index in [4.69, 9.17) is 16.7 Å². The van der Waals surface area contributed by atoms with Crippen LogP contribution in [0.3, 0.4) is 0 Å². The average Bonchev–Trinajstić information content (AvgIpc) is 3.63. The smallest absolute Gasteiger partial charge is 0.240 e.